The Morgan fingerprint density at radius 2 is 2.15 bits per heavy atom. The first kappa shape index (κ1) is 9.67. The van der Waals surface area contributed by atoms with Crippen LogP contribution in [0.15, 0.2) is 18.2 Å². The summed E-state index contributed by atoms with van der Waals surface area (Å²) in [6.07, 6.45) is 0. The lowest BCUT2D eigenvalue weighted by Crippen LogP contribution is -2.05. The Morgan fingerprint density at radius 1 is 1.54 bits per heavy atom. The van der Waals surface area contributed by atoms with Gasteiger partial charge in [-0.25, -0.2) is 0 Å². The highest BCUT2D eigenvalue weighted by atomic mass is 16.6. The van der Waals surface area contributed by atoms with Crippen LogP contribution in [0.2, 0.25) is 0 Å². The average Bonchev–Trinajstić information content (AvgIpc) is 2.04. The van der Waals surface area contributed by atoms with E-state index in [0.717, 1.165) is 5.56 Å². The van der Waals surface area contributed by atoms with Gasteiger partial charge in [-0.05, 0) is 19.4 Å². The van der Waals surface area contributed by atoms with E-state index in [-0.39, 0.29) is 16.7 Å². The second-order valence-electron chi connectivity index (χ2n) is 3.09. The van der Waals surface area contributed by atoms with Crippen LogP contribution < -0.4 is 5.73 Å². The van der Waals surface area contributed by atoms with Crippen LogP contribution in [-0.2, 0) is 0 Å². The average molecular weight is 180 g/mol. The smallest absolute Gasteiger partial charge is 0.272 e. The van der Waals surface area contributed by atoms with Crippen LogP contribution in [0.4, 0.5) is 5.69 Å². The molecule has 0 bridgehead atoms. The highest BCUT2D eigenvalue weighted by Gasteiger charge is 2.11. The molecule has 70 valence electrons. The monoisotopic (exact) mass is 180 g/mol. The number of aryl methyl sites for hydroxylation is 1. The van der Waals surface area contributed by atoms with Gasteiger partial charge in [0, 0.05) is 17.7 Å². The molecule has 0 aliphatic carbocycles. The Hall–Kier alpha value is -1.42. The maximum absolute atomic E-state index is 10.6. The highest BCUT2D eigenvalue weighted by molar-refractivity contribution is 5.43. The quantitative estimate of drug-likeness (QED) is 0.558. The van der Waals surface area contributed by atoms with Crippen LogP contribution in [0, 0.1) is 17.0 Å². The van der Waals surface area contributed by atoms with Crippen molar-refractivity contribution in [2.24, 2.45) is 5.73 Å². The van der Waals surface area contributed by atoms with Crippen molar-refractivity contribution in [1.82, 2.24) is 0 Å². The Morgan fingerprint density at radius 3 is 2.62 bits per heavy atom. The summed E-state index contributed by atoms with van der Waals surface area (Å²) in [5.41, 5.74) is 7.19. The zero-order chi connectivity index (χ0) is 10.0. The summed E-state index contributed by atoms with van der Waals surface area (Å²) in [6, 6.07) is 4.89. The molecule has 0 heterocycles. The second kappa shape index (κ2) is 3.53. The fourth-order valence-corrected chi connectivity index (χ4v) is 1.11. The Balaban J connectivity index is 3.19. The van der Waals surface area contributed by atoms with E-state index in [0.29, 0.717) is 5.56 Å². The van der Waals surface area contributed by atoms with E-state index in [9.17, 15) is 10.1 Å². The molecule has 0 amide bonds. The highest BCUT2D eigenvalue weighted by Crippen LogP contribution is 2.21. The van der Waals surface area contributed by atoms with Crippen LogP contribution in [0.3, 0.4) is 0 Å². The number of rotatable bonds is 2. The number of hydrogen-bond acceptors (Lipinski definition) is 3. The van der Waals surface area contributed by atoms with Gasteiger partial charge in [0.05, 0.1) is 4.92 Å². The molecular weight excluding hydrogens is 168 g/mol. The van der Waals surface area contributed by atoms with E-state index in [1.165, 1.54) is 6.07 Å². The molecule has 0 saturated carbocycles. The largest absolute Gasteiger partial charge is 0.324 e. The number of nitro groups is 1. The van der Waals surface area contributed by atoms with Gasteiger partial charge >= 0.3 is 0 Å². The van der Waals surface area contributed by atoms with Crippen molar-refractivity contribution in [3.05, 3.63) is 39.4 Å². The summed E-state index contributed by atoms with van der Waals surface area (Å²) in [5.74, 6) is 0. The fraction of sp³-hybridized carbons (Fsp3) is 0.333. The zero-order valence-corrected chi connectivity index (χ0v) is 7.65. The van der Waals surface area contributed by atoms with E-state index < -0.39 is 0 Å². The normalized spacial score (nSPS) is 12.5. The molecule has 4 heteroatoms. The number of nitrogens with two attached hydrogens (primary N) is 1. The maximum atomic E-state index is 10.6. The first-order valence-electron chi connectivity index (χ1n) is 4.03. The molecule has 13 heavy (non-hydrogen) atoms. The van der Waals surface area contributed by atoms with E-state index in [2.05, 4.69) is 0 Å². The molecule has 1 atom stereocenters. The van der Waals surface area contributed by atoms with Crippen molar-refractivity contribution in [3.63, 3.8) is 0 Å². The Kier molecular flexibility index (Phi) is 2.63. The molecule has 0 unspecified atom stereocenters. The minimum Gasteiger partial charge on any atom is -0.324 e. The van der Waals surface area contributed by atoms with Crippen molar-refractivity contribution < 1.29 is 4.92 Å². The minimum absolute atomic E-state index is 0.134. The molecule has 0 aromatic heterocycles. The summed E-state index contributed by atoms with van der Waals surface area (Å²) >= 11 is 0. The van der Waals surface area contributed by atoms with Crippen LogP contribution in [0.5, 0.6) is 0 Å². The molecule has 0 saturated heterocycles. The SMILES string of the molecule is Cc1ccc([C@@H](C)N)cc1[N+](=O)[O-]. The summed E-state index contributed by atoms with van der Waals surface area (Å²) in [4.78, 5) is 10.2. The zero-order valence-electron chi connectivity index (χ0n) is 7.65. The third-order valence-corrected chi connectivity index (χ3v) is 1.96. The van der Waals surface area contributed by atoms with Gasteiger partial charge in [0.15, 0.2) is 0 Å². The summed E-state index contributed by atoms with van der Waals surface area (Å²) in [7, 11) is 0. The van der Waals surface area contributed by atoms with Crippen LogP contribution >= 0.6 is 0 Å². The van der Waals surface area contributed by atoms with Crippen LogP contribution in [-0.4, -0.2) is 4.92 Å². The van der Waals surface area contributed by atoms with E-state index in [4.69, 9.17) is 5.73 Å². The van der Waals surface area contributed by atoms with Gasteiger partial charge in [-0.15, -0.1) is 0 Å². The predicted molar refractivity (Wildman–Crippen MR) is 50.4 cm³/mol. The van der Waals surface area contributed by atoms with E-state index in [1.54, 1.807) is 19.9 Å². The van der Waals surface area contributed by atoms with Gasteiger partial charge in [0.1, 0.15) is 0 Å². The molecule has 1 rings (SSSR count). The number of nitro benzene ring substituents is 1. The van der Waals surface area contributed by atoms with Crippen molar-refractivity contribution in [1.29, 1.82) is 0 Å². The maximum Gasteiger partial charge on any atom is 0.272 e. The van der Waals surface area contributed by atoms with Gasteiger partial charge < -0.3 is 5.73 Å². The molecule has 0 spiro atoms. The Bertz CT molecular complexity index is 334. The lowest BCUT2D eigenvalue weighted by molar-refractivity contribution is -0.385. The Labute approximate surface area is 76.5 Å². The molecule has 0 fully saturated rings. The molecular formula is C9H12N2O2. The van der Waals surface area contributed by atoms with Crippen molar-refractivity contribution in [2.45, 2.75) is 19.9 Å². The lowest BCUT2D eigenvalue weighted by atomic mass is 10.1. The van der Waals surface area contributed by atoms with Crippen molar-refractivity contribution >= 4 is 5.69 Å². The van der Waals surface area contributed by atoms with E-state index in [1.807, 2.05) is 6.07 Å². The molecule has 1 aromatic carbocycles. The molecule has 2 N–H and O–H groups in total. The third kappa shape index (κ3) is 2.03. The van der Waals surface area contributed by atoms with Gasteiger partial charge in [0.2, 0.25) is 0 Å². The van der Waals surface area contributed by atoms with Gasteiger partial charge in [-0.1, -0.05) is 12.1 Å². The molecule has 1 aromatic rings. The van der Waals surface area contributed by atoms with Gasteiger partial charge in [-0.2, -0.15) is 0 Å². The number of benzene rings is 1. The standard InChI is InChI=1S/C9H12N2O2/c1-6-3-4-8(7(2)10)5-9(6)11(12)13/h3-5,7H,10H2,1-2H3/t7-/m1/s1. The number of hydrogen-bond donors (Lipinski definition) is 1. The summed E-state index contributed by atoms with van der Waals surface area (Å²) < 4.78 is 0. The predicted octanol–water partition coefficient (Wildman–Crippen LogP) is 1.92. The molecule has 0 aliphatic heterocycles. The number of nitrogens with zero attached hydrogens (tertiary/aromatic N) is 1. The second-order valence-corrected chi connectivity index (χ2v) is 3.09. The van der Waals surface area contributed by atoms with Gasteiger partial charge in [-0.3, -0.25) is 10.1 Å². The van der Waals surface area contributed by atoms with Crippen LogP contribution in [0.25, 0.3) is 0 Å². The first-order chi connectivity index (χ1) is 6.02. The van der Waals surface area contributed by atoms with Crippen LogP contribution in [0.1, 0.15) is 24.1 Å². The van der Waals surface area contributed by atoms with Crippen molar-refractivity contribution in [3.8, 4) is 0 Å². The lowest BCUT2D eigenvalue weighted by Gasteiger charge is -2.05. The first-order valence-corrected chi connectivity index (χ1v) is 4.03. The van der Waals surface area contributed by atoms with Crippen molar-refractivity contribution in [2.75, 3.05) is 0 Å². The third-order valence-electron chi connectivity index (χ3n) is 1.96. The molecule has 4 nitrogen and oxygen atoms in total. The summed E-state index contributed by atoms with van der Waals surface area (Å²) in [6.45, 7) is 3.51. The topological polar surface area (TPSA) is 69.2 Å². The minimum atomic E-state index is -0.388. The summed E-state index contributed by atoms with van der Waals surface area (Å²) in [5, 5.41) is 10.6. The molecule has 0 radical (unpaired) electrons. The fourth-order valence-electron chi connectivity index (χ4n) is 1.11. The molecule has 0 aliphatic rings. The van der Waals surface area contributed by atoms with E-state index >= 15 is 0 Å². The van der Waals surface area contributed by atoms with Gasteiger partial charge in [0.25, 0.3) is 5.69 Å².